The Balaban J connectivity index is 1.68. The van der Waals surface area contributed by atoms with Crippen LogP contribution in [0.25, 0.3) is 11.3 Å². The molecule has 26 heavy (non-hydrogen) atoms. The summed E-state index contributed by atoms with van der Waals surface area (Å²) < 4.78 is 0. The predicted molar refractivity (Wildman–Crippen MR) is 106 cm³/mol. The van der Waals surface area contributed by atoms with E-state index in [1.165, 1.54) is 0 Å². The Labute approximate surface area is 154 Å². The number of hydrogen-bond acceptors (Lipinski definition) is 3. The van der Waals surface area contributed by atoms with Crippen molar-refractivity contribution < 1.29 is 4.79 Å². The van der Waals surface area contributed by atoms with Crippen LogP contribution in [-0.4, -0.2) is 25.0 Å². The summed E-state index contributed by atoms with van der Waals surface area (Å²) in [6.07, 6.45) is 0. The van der Waals surface area contributed by atoms with Gasteiger partial charge in [-0.05, 0) is 36.8 Å². The van der Waals surface area contributed by atoms with Crippen LogP contribution >= 0.6 is 0 Å². The number of nitrogens with zero attached hydrogens (tertiary/aromatic N) is 2. The monoisotopic (exact) mass is 345 g/mol. The Morgan fingerprint density at radius 1 is 0.962 bits per heavy atom. The minimum atomic E-state index is -0.105. The standard InChI is InChI=1S/C22H23N3O/c1-16-20(13-14-21(24-16)18-7-5-4-6-8-18)22(26)23-15-17-9-11-19(12-10-17)25(2)3/h4-14H,15H2,1-3H3,(H,23,26). The van der Waals surface area contributed by atoms with E-state index < -0.39 is 0 Å². The number of benzene rings is 2. The van der Waals surface area contributed by atoms with E-state index in [9.17, 15) is 4.79 Å². The third-order valence-electron chi connectivity index (χ3n) is 4.31. The highest BCUT2D eigenvalue weighted by Crippen LogP contribution is 2.19. The third kappa shape index (κ3) is 4.09. The van der Waals surface area contributed by atoms with Crippen LogP contribution in [0.15, 0.2) is 66.7 Å². The van der Waals surface area contributed by atoms with E-state index in [4.69, 9.17) is 0 Å². The predicted octanol–water partition coefficient (Wildman–Crippen LogP) is 4.05. The van der Waals surface area contributed by atoms with Gasteiger partial charge in [0.15, 0.2) is 0 Å². The topological polar surface area (TPSA) is 45.2 Å². The van der Waals surface area contributed by atoms with Gasteiger partial charge in [-0.15, -0.1) is 0 Å². The molecule has 4 heteroatoms. The van der Waals surface area contributed by atoms with E-state index in [2.05, 4.69) is 10.3 Å². The van der Waals surface area contributed by atoms with Gasteiger partial charge in [0.25, 0.3) is 5.91 Å². The Hall–Kier alpha value is -3.14. The number of nitrogens with one attached hydrogen (secondary N) is 1. The van der Waals surface area contributed by atoms with Crippen molar-refractivity contribution in [3.63, 3.8) is 0 Å². The van der Waals surface area contributed by atoms with E-state index >= 15 is 0 Å². The molecular weight excluding hydrogens is 322 g/mol. The molecule has 3 rings (SSSR count). The lowest BCUT2D eigenvalue weighted by molar-refractivity contribution is 0.0950. The van der Waals surface area contributed by atoms with E-state index in [-0.39, 0.29) is 5.91 Å². The lowest BCUT2D eigenvalue weighted by Crippen LogP contribution is -2.24. The van der Waals surface area contributed by atoms with Crippen molar-refractivity contribution in [2.24, 2.45) is 0 Å². The minimum absolute atomic E-state index is 0.105. The summed E-state index contributed by atoms with van der Waals surface area (Å²) in [5.41, 5.74) is 5.45. The Morgan fingerprint density at radius 3 is 2.27 bits per heavy atom. The zero-order chi connectivity index (χ0) is 18.5. The van der Waals surface area contributed by atoms with Crippen LogP contribution in [-0.2, 0) is 6.54 Å². The summed E-state index contributed by atoms with van der Waals surface area (Å²) in [6.45, 7) is 2.36. The number of anilines is 1. The van der Waals surface area contributed by atoms with Crippen LogP contribution in [0.1, 0.15) is 21.6 Å². The molecule has 0 bridgehead atoms. The van der Waals surface area contributed by atoms with Crippen molar-refractivity contribution in [3.05, 3.63) is 83.6 Å². The Bertz CT molecular complexity index is 887. The summed E-state index contributed by atoms with van der Waals surface area (Å²) in [6, 6.07) is 21.8. The summed E-state index contributed by atoms with van der Waals surface area (Å²) >= 11 is 0. The van der Waals surface area contributed by atoms with Crippen LogP contribution < -0.4 is 10.2 Å². The smallest absolute Gasteiger partial charge is 0.253 e. The van der Waals surface area contributed by atoms with Crippen LogP contribution in [0.3, 0.4) is 0 Å². The molecule has 0 saturated carbocycles. The van der Waals surface area contributed by atoms with Gasteiger partial charge in [0, 0.05) is 31.9 Å². The van der Waals surface area contributed by atoms with Gasteiger partial charge in [-0.1, -0.05) is 42.5 Å². The van der Waals surface area contributed by atoms with Crippen molar-refractivity contribution in [1.29, 1.82) is 0 Å². The number of aromatic nitrogens is 1. The molecule has 3 aromatic rings. The molecule has 1 heterocycles. The molecule has 0 atom stereocenters. The van der Waals surface area contributed by atoms with Gasteiger partial charge in [0.1, 0.15) is 0 Å². The second kappa shape index (κ2) is 7.83. The summed E-state index contributed by atoms with van der Waals surface area (Å²) in [5, 5.41) is 2.97. The highest BCUT2D eigenvalue weighted by atomic mass is 16.1. The zero-order valence-corrected chi connectivity index (χ0v) is 15.4. The normalized spacial score (nSPS) is 10.4. The molecule has 0 saturated heterocycles. The number of rotatable bonds is 5. The number of carbonyl (C=O) groups is 1. The zero-order valence-electron chi connectivity index (χ0n) is 15.4. The van der Waals surface area contributed by atoms with Crippen molar-refractivity contribution >= 4 is 11.6 Å². The first-order chi connectivity index (χ1) is 12.5. The Kier molecular flexibility index (Phi) is 5.32. The van der Waals surface area contributed by atoms with Crippen LogP contribution in [0.5, 0.6) is 0 Å². The first kappa shape index (κ1) is 17.7. The summed E-state index contributed by atoms with van der Waals surface area (Å²) in [5.74, 6) is -0.105. The largest absolute Gasteiger partial charge is 0.378 e. The number of carbonyl (C=O) groups excluding carboxylic acids is 1. The van der Waals surface area contributed by atoms with Crippen LogP contribution in [0, 0.1) is 6.92 Å². The molecule has 2 aromatic carbocycles. The van der Waals surface area contributed by atoms with Gasteiger partial charge in [-0.3, -0.25) is 9.78 Å². The first-order valence-electron chi connectivity index (χ1n) is 8.62. The molecule has 1 amide bonds. The molecule has 0 aliphatic rings. The maximum absolute atomic E-state index is 12.5. The quantitative estimate of drug-likeness (QED) is 0.759. The Morgan fingerprint density at radius 2 is 1.65 bits per heavy atom. The van der Waals surface area contributed by atoms with Gasteiger partial charge in [-0.2, -0.15) is 0 Å². The van der Waals surface area contributed by atoms with Crippen LogP contribution in [0.4, 0.5) is 5.69 Å². The number of amides is 1. The van der Waals surface area contributed by atoms with E-state index in [0.717, 1.165) is 28.2 Å². The SMILES string of the molecule is Cc1nc(-c2ccccc2)ccc1C(=O)NCc1ccc(N(C)C)cc1. The average Bonchev–Trinajstić information content (AvgIpc) is 2.67. The molecule has 0 spiro atoms. The minimum Gasteiger partial charge on any atom is -0.378 e. The molecule has 1 N–H and O–H groups in total. The number of pyridine rings is 1. The van der Waals surface area contributed by atoms with Gasteiger partial charge in [-0.25, -0.2) is 0 Å². The molecular formula is C22H23N3O. The van der Waals surface area contributed by atoms with E-state index in [1.54, 1.807) is 0 Å². The van der Waals surface area contributed by atoms with Gasteiger partial charge in [0.2, 0.25) is 0 Å². The maximum Gasteiger partial charge on any atom is 0.253 e. The molecule has 4 nitrogen and oxygen atoms in total. The summed E-state index contributed by atoms with van der Waals surface area (Å²) in [4.78, 5) is 19.1. The second-order valence-electron chi connectivity index (χ2n) is 6.44. The van der Waals surface area contributed by atoms with Gasteiger partial charge >= 0.3 is 0 Å². The fraction of sp³-hybridized carbons (Fsp3) is 0.182. The summed E-state index contributed by atoms with van der Waals surface area (Å²) in [7, 11) is 4.01. The highest BCUT2D eigenvalue weighted by Gasteiger charge is 2.11. The molecule has 0 fully saturated rings. The molecule has 0 aliphatic heterocycles. The van der Waals surface area contributed by atoms with E-state index in [0.29, 0.717) is 12.1 Å². The first-order valence-corrected chi connectivity index (χ1v) is 8.62. The van der Waals surface area contributed by atoms with Crippen molar-refractivity contribution in [2.75, 3.05) is 19.0 Å². The van der Waals surface area contributed by atoms with Gasteiger partial charge < -0.3 is 10.2 Å². The number of aryl methyl sites for hydroxylation is 1. The van der Waals surface area contributed by atoms with Gasteiger partial charge in [0.05, 0.1) is 17.0 Å². The highest BCUT2D eigenvalue weighted by molar-refractivity contribution is 5.95. The second-order valence-corrected chi connectivity index (χ2v) is 6.44. The number of hydrogen-bond donors (Lipinski definition) is 1. The van der Waals surface area contributed by atoms with Crippen molar-refractivity contribution in [2.45, 2.75) is 13.5 Å². The maximum atomic E-state index is 12.5. The fourth-order valence-electron chi connectivity index (χ4n) is 2.76. The van der Waals surface area contributed by atoms with Crippen molar-refractivity contribution in [3.8, 4) is 11.3 Å². The lowest BCUT2D eigenvalue weighted by atomic mass is 10.1. The molecule has 0 unspecified atom stereocenters. The molecule has 132 valence electrons. The van der Waals surface area contributed by atoms with E-state index in [1.807, 2.05) is 92.6 Å². The third-order valence-corrected chi connectivity index (χ3v) is 4.31. The fourth-order valence-corrected chi connectivity index (χ4v) is 2.76. The van der Waals surface area contributed by atoms with Crippen LogP contribution in [0.2, 0.25) is 0 Å². The van der Waals surface area contributed by atoms with Crippen molar-refractivity contribution in [1.82, 2.24) is 10.3 Å². The molecule has 0 radical (unpaired) electrons. The lowest BCUT2D eigenvalue weighted by Gasteiger charge is -2.13. The average molecular weight is 345 g/mol. The molecule has 1 aromatic heterocycles. The molecule has 0 aliphatic carbocycles.